The standard InChI is InChI=1S/C30H22ClF2N3O3S/c1-17-13-20(14-24-28(37)34-30(40)36(29(24)38)22-9-12-27(33)25(31)15-22)18(2)35(17)21-7-10-23(11-8-21)39-16-19-5-3-4-6-26(19)32/h3-15H,16H2,1-2H3,(H,34,37,40)/b24-14+. The summed E-state index contributed by atoms with van der Waals surface area (Å²) in [5.41, 5.74) is 3.70. The van der Waals surface area contributed by atoms with Crippen LogP contribution in [0.25, 0.3) is 11.8 Å². The number of nitrogens with zero attached hydrogens (tertiary/aromatic N) is 2. The van der Waals surface area contributed by atoms with Crippen molar-refractivity contribution >= 4 is 52.5 Å². The van der Waals surface area contributed by atoms with Crippen molar-refractivity contribution in [1.29, 1.82) is 0 Å². The molecule has 0 radical (unpaired) electrons. The largest absolute Gasteiger partial charge is 0.489 e. The third-order valence-electron chi connectivity index (χ3n) is 6.48. The highest BCUT2D eigenvalue weighted by Gasteiger charge is 2.35. The van der Waals surface area contributed by atoms with E-state index in [1.807, 2.05) is 36.6 Å². The van der Waals surface area contributed by atoms with Crippen LogP contribution in [-0.4, -0.2) is 21.5 Å². The van der Waals surface area contributed by atoms with Gasteiger partial charge in [-0.25, -0.2) is 8.78 Å². The molecule has 10 heteroatoms. The summed E-state index contributed by atoms with van der Waals surface area (Å²) >= 11 is 11.1. The SMILES string of the molecule is Cc1cc(/C=C2\C(=O)NC(=S)N(c3ccc(F)c(Cl)c3)C2=O)c(C)n1-c1ccc(OCc2ccccc2F)cc1. The van der Waals surface area contributed by atoms with Crippen LogP contribution in [0.4, 0.5) is 14.5 Å². The van der Waals surface area contributed by atoms with Gasteiger partial charge in [0.05, 0.1) is 10.7 Å². The van der Waals surface area contributed by atoms with Crippen molar-refractivity contribution in [2.75, 3.05) is 4.90 Å². The van der Waals surface area contributed by atoms with Crippen LogP contribution in [-0.2, 0) is 16.2 Å². The van der Waals surface area contributed by atoms with Gasteiger partial charge in [0.15, 0.2) is 5.11 Å². The number of thiocarbonyl (C=S) groups is 1. The molecule has 0 atom stereocenters. The molecule has 3 aromatic carbocycles. The zero-order valence-corrected chi connectivity index (χ0v) is 22.9. The molecule has 0 saturated carbocycles. The predicted octanol–water partition coefficient (Wildman–Crippen LogP) is 6.44. The molecule has 1 fully saturated rings. The second-order valence-electron chi connectivity index (χ2n) is 9.09. The number of carbonyl (C=O) groups excluding carboxylic acids is 2. The number of rotatable bonds is 6. The number of carbonyl (C=O) groups is 2. The number of hydrogen-bond acceptors (Lipinski definition) is 4. The fraction of sp³-hybridized carbons (Fsp3) is 0.100. The van der Waals surface area contributed by atoms with Crippen LogP contribution >= 0.6 is 23.8 Å². The van der Waals surface area contributed by atoms with Gasteiger partial charge in [0.2, 0.25) is 0 Å². The normalized spacial score (nSPS) is 14.6. The second kappa shape index (κ2) is 11.0. The Hall–Kier alpha value is -4.34. The molecule has 1 saturated heterocycles. The minimum Gasteiger partial charge on any atom is -0.489 e. The smallest absolute Gasteiger partial charge is 0.270 e. The summed E-state index contributed by atoms with van der Waals surface area (Å²) in [6, 6.07) is 19.4. The highest BCUT2D eigenvalue weighted by atomic mass is 35.5. The van der Waals surface area contributed by atoms with Crippen molar-refractivity contribution in [3.63, 3.8) is 0 Å². The molecular formula is C30H22ClF2N3O3S. The Morgan fingerprint density at radius 2 is 1.65 bits per heavy atom. The number of nitrogens with one attached hydrogen (secondary N) is 1. The van der Waals surface area contributed by atoms with E-state index in [1.165, 1.54) is 24.3 Å². The number of amides is 2. The molecule has 0 spiro atoms. The zero-order valence-electron chi connectivity index (χ0n) is 21.4. The van der Waals surface area contributed by atoms with Crippen molar-refractivity contribution in [3.05, 3.63) is 118 Å². The zero-order chi connectivity index (χ0) is 28.6. The first-order valence-electron chi connectivity index (χ1n) is 12.2. The van der Waals surface area contributed by atoms with Crippen LogP contribution < -0.4 is 15.0 Å². The quantitative estimate of drug-likeness (QED) is 0.163. The van der Waals surface area contributed by atoms with E-state index in [2.05, 4.69) is 5.32 Å². The maximum absolute atomic E-state index is 13.9. The van der Waals surface area contributed by atoms with E-state index in [-0.39, 0.29) is 33.8 Å². The number of halogens is 3. The van der Waals surface area contributed by atoms with E-state index < -0.39 is 17.6 Å². The summed E-state index contributed by atoms with van der Waals surface area (Å²) in [6.45, 7) is 3.88. The van der Waals surface area contributed by atoms with Crippen LogP contribution in [0.5, 0.6) is 5.75 Å². The van der Waals surface area contributed by atoms with Gasteiger partial charge in [0, 0.05) is 22.6 Å². The molecule has 0 bridgehead atoms. The van der Waals surface area contributed by atoms with Crippen LogP contribution in [0.1, 0.15) is 22.5 Å². The minimum absolute atomic E-state index is 0.103. The number of ether oxygens (including phenoxy) is 1. The van der Waals surface area contributed by atoms with Gasteiger partial charge in [-0.15, -0.1) is 0 Å². The van der Waals surface area contributed by atoms with Crippen LogP contribution in [0, 0.1) is 25.5 Å². The van der Waals surface area contributed by atoms with Crippen molar-refractivity contribution < 1.29 is 23.1 Å². The number of aryl methyl sites for hydroxylation is 1. The average molecular weight is 578 g/mol. The third-order valence-corrected chi connectivity index (χ3v) is 7.05. The first kappa shape index (κ1) is 27.2. The van der Waals surface area contributed by atoms with Gasteiger partial charge in [-0.3, -0.25) is 19.8 Å². The average Bonchev–Trinajstić information content (AvgIpc) is 3.20. The minimum atomic E-state index is -0.655. The van der Waals surface area contributed by atoms with Crippen LogP contribution in [0.15, 0.2) is 78.4 Å². The summed E-state index contributed by atoms with van der Waals surface area (Å²) in [6.07, 6.45) is 1.50. The van der Waals surface area contributed by atoms with Crippen molar-refractivity contribution in [1.82, 2.24) is 9.88 Å². The lowest BCUT2D eigenvalue weighted by Crippen LogP contribution is -2.54. The monoisotopic (exact) mass is 577 g/mol. The van der Waals surface area contributed by atoms with Gasteiger partial charge in [0.1, 0.15) is 29.6 Å². The van der Waals surface area contributed by atoms with Crippen molar-refractivity contribution in [2.45, 2.75) is 20.5 Å². The molecule has 4 aromatic rings. The molecule has 6 nitrogen and oxygen atoms in total. The molecule has 5 rings (SSSR count). The molecule has 0 aliphatic carbocycles. The molecule has 1 aliphatic rings. The Balaban J connectivity index is 1.41. The maximum Gasteiger partial charge on any atom is 0.270 e. The molecular weight excluding hydrogens is 556 g/mol. The lowest BCUT2D eigenvalue weighted by molar-refractivity contribution is -0.122. The van der Waals surface area contributed by atoms with E-state index in [9.17, 15) is 18.4 Å². The van der Waals surface area contributed by atoms with Gasteiger partial charge in [-0.1, -0.05) is 29.8 Å². The number of aromatic nitrogens is 1. The van der Waals surface area contributed by atoms with E-state index >= 15 is 0 Å². The van der Waals surface area contributed by atoms with E-state index in [1.54, 1.807) is 30.3 Å². The number of anilines is 1. The van der Waals surface area contributed by atoms with E-state index in [0.29, 0.717) is 16.9 Å². The Kier molecular flexibility index (Phi) is 7.51. The lowest BCUT2D eigenvalue weighted by atomic mass is 10.1. The van der Waals surface area contributed by atoms with Gasteiger partial charge < -0.3 is 9.30 Å². The topological polar surface area (TPSA) is 63.6 Å². The third kappa shape index (κ3) is 5.25. The second-order valence-corrected chi connectivity index (χ2v) is 9.89. The fourth-order valence-electron chi connectivity index (χ4n) is 4.47. The number of hydrogen-bond donors (Lipinski definition) is 1. The predicted molar refractivity (Wildman–Crippen MR) is 154 cm³/mol. The molecule has 1 aromatic heterocycles. The van der Waals surface area contributed by atoms with Gasteiger partial charge >= 0.3 is 0 Å². The fourth-order valence-corrected chi connectivity index (χ4v) is 4.93. The molecule has 202 valence electrons. The first-order chi connectivity index (χ1) is 19.1. The summed E-state index contributed by atoms with van der Waals surface area (Å²) in [7, 11) is 0. The van der Waals surface area contributed by atoms with Crippen LogP contribution in [0.3, 0.4) is 0 Å². The van der Waals surface area contributed by atoms with Crippen LogP contribution in [0.2, 0.25) is 5.02 Å². The number of benzene rings is 3. The van der Waals surface area contributed by atoms with Gasteiger partial charge in [-0.05, 0) is 92.3 Å². The first-order valence-corrected chi connectivity index (χ1v) is 12.9. The Morgan fingerprint density at radius 1 is 0.950 bits per heavy atom. The van der Waals surface area contributed by atoms with Crippen molar-refractivity contribution in [3.8, 4) is 11.4 Å². The van der Waals surface area contributed by atoms with E-state index in [4.69, 9.17) is 28.6 Å². The Morgan fingerprint density at radius 3 is 2.35 bits per heavy atom. The molecule has 2 heterocycles. The highest BCUT2D eigenvalue weighted by Crippen LogP contribution is 2.29. The maximum atomic E-state index is 13.9. The molecule has 0 unspecified atom stereocenters. The molecule has 40 heavy (non-hydrogen) atoms. The Bertz CT molecular complexity index is 1700. The van der Waals surface area contributed by atoms with Gasteiger partial charge in [0.25, 0.3) is 11.8 Å². The lowest BCUT2D eigenvalue weighted by Gasteiger charge is -2.29. The summed E-state index contributed by atoms with van der Waals surface area (Å²) in [4.78, 5) is 27.2. The summed E-state index contributed by atoms with van der Waals surface area (Å²) < 4.78 is 35.3. The van der Waals surface area contributed by atoms with Crippen molar-refractivity contribution in [2.24, 2.45) is 0 Å². The Labute approximate surface area is 239 Å². The summed E-state index contributed by atoms with van der Waals surface area (Å²) in [5.74, 6) is -1.68. The van der Waals surface area contributed by atoms with Gasteiger partial charge in [-0.2, -0.15) is 0 Å². The van der Waals surface area contributed by atoms with E-state index in [0.717, 1.165) is 28.0 Å². The molecule has 1 N–H and O–H groups in total. The molecule has 1 aliphatic heterocycles. The summed E-state index contributed by atoms with van der Waals surface area (Å²) in [5, 5.41) is 2.21. The highest BCUT2D eigenvalue weighted by molar-refractivity contribution is 7.80. The molecule has 2 amide bonds.